The van der Waals surface area contributed by atoms with E-state index in [1.54, 1.807) is 0 Å². The summed E-state index contributed by atoms with van der Waals surface area (Å²) in [5.41, 5.74) is 0. The van der Waals surface area contributed by atoms with E-state index < -0.39 is 0 Å². The zero-order valence-electron chi connectivity index (χ0n) is 9.49. The zero-order chi connectivity index (χ0) is 11.6. The third kappa shape index (κ3) is 4.99. The molecule has 16 heavy (non-hydrogen) atoms. The maximum Gasteiger partial charge on any atom is 0.0747 e. The highest BCUT2D eigenvalue weighted by molar-refractivity contribution is 4.72. The van der Waals surface area contributed by atoms with Crippen molar-refractivity contribution in [3.05, 3.63) is 0 Å². The second kappa shape index (κ2) is 7.94. The summed E-state index contributed by atoms with van der Waals surface area (Å²) in [6, 6.07) is 0. The van der Waals surface area contributed by atoms with Crippen molar-refractivity contribution in [1.29, 1.82) is 0 Å². The van der Waals surface area contributed by atoms with Crippen LogP contribution < -0.4 is 11.7 Å². The molecule has 92 valence electrons. The summed E-state index contributed by atoms with van der Waals surface area (Å²) in [7, 11) is 0. The Hall–Kier alpha value is -1.28. The van der Waals surface area contributed by atoms with Gasteiger partial charge in [-0.3, -0.25) is 9.80 Å². The van der Waals surface area contributed by atoms with Gasteiger partial charge in [-0.25, -0.2) is 0 Å². The number of rotatable bonds is 6. The van der Waals surface area contributed by atoms with Gasteiger partial charge in [0.25, 0.3) is 0 Å². The first-order chi connectivity index (χ1) is 7.86. The highest BCUT2D eigenvalue weighted by Crippen LogP contribution is 2.00. The highest BCUT2D eigenvalue weighted by atomic mass is 15.3. The van der Waals surface area contributed by atoms with Crippen molar-refractivity contribution in [2.45, 2.75) is 0 Å². The number of piperazine rings is 1. The van der Waals surface area contributed by atoms with Crippen LogP contribution in [0.1, 0.15) is 0 Å². The SMILES string of the molecule is NN=NCCN1CCN(CCN=NN)CC1. The van der Waals surface area contributed by atoms with Crippen molar-refractivity contribution in [3.63, 3.8) is 0 Å². The van der Waals surface area contributed by atoms with Crippen LogP contribution >= 0.6 is 0 Å². The number of hydrogen-bond donors (Lipinski definition) is 2. The van der Waals surface area contributed by atoms with E-state index in [1.165, 1.54) is 0 Å². The lowest BCUT2D eigenvalue weighted by Gasteiger charge is -2.33. The van der Waals surface area contributed by atoms with Gasteiger partial charge >= 0.3 is 0 Å². The van der Waals surface area contributed by atoms with Gasteiger partial charge in [0.1, 0.15) is 0 Å². The van der Waals surface area contributed by atoms with Gasteiger partial charge in [0, 0.05) is 39.3 Å². The first kappa shape index (κ1) is 12.8. The van der Waals surface area contributed by atoms with Gasteiger partial charge in [-0.05, 0) is 0 Å². The summed E-state index contributed by atoms with van der Waals surface area (Å²) in [6.45, 7) is 7.43. The molecule has 0 aromatic carbocycles. The van der Waals surface area contributed by atoms with Crippen LogP contribution in [0.3, 0.4) is 0 Å². The minimum atomic E-state index is 0.678. The second-order valence-electron chi connectivity index (χ2n) is 3.64. The second-order valence-corrected chi connectivity index (χ2v) is 3.64. The summed E-state index contributed by atoms with van der Waals surface area (Å²) in [5, 5.41) is 14.0. The van der Waals surface area contributed by atoms with E-state index in [0.717, 1.165) is 39.3 Å². The van der Waals surface area contributed by atoms with Crippen molar-refractivity contribution in [2.75, 3.05) is 52.4 Å². The molecule has 8 heteroatoms. The standard InChI is InChI=1S/C8H20N8/c9-13-11-1-3-15-5-7-16(8-6-15)4-2-12-14-10/h1-8H2,(H2,9,11)(H2,10,12). The third-order valence-corrected chi connectivity index (χ3v) is 2.66. The van der Waals surface area contributed by atoms with Gasteiger partial charge in [-0.15, -0.1) is 0 Å². The smallest absolute Gasteiger partial charge is 0.0747 e. The fourth-order valence-electron chi connectivity index (χ4n) is 1.72. The summed E-state index contributed by atoms with van der Waals surface area (Å²) in [4.78, 5) is 4.71. The zero-order valence-corrected chi connectivity index (χ0v) is 9.49. The minimum Gasteiger partial charge on any atom is -0.305 e. The summed E-state index contributed by atoms with van der Waals surface area (Å²) >= 11 is 0. The van der Waals surface area contributed by atoms with Gasteiger partial charge in [0.15, 0.2) is 0 Å². The summed E-state index contributed by atoms with van der Waals surface area (Å²) in [6.07, 6.45) is 0. The van der Waals surface area contributed by atoms with Crippen LogP contribution in [-0.4, -0.2) is 62.2 Å². The monoisotopic (exact) mass is 228 g/mol. The third-order valence-electron chi connectivity index (χ3n) is 2.66. The van der Waals surface area contributed by atoms with Crippen LogP contribution in [0.15, 0.2) is 20.7 Å². The van der Waals surface area contributed by atoms with Crippen molar-refractivity contribution in [3.8, 4) is 0 Å². The van der Waals surface area contributed by atoms with Crippen LogP contribution in [0.5, 0.6) is 0 Å². The van der Waals surface area contributed by atoms with E-state index in [4.69, 9.17) is 11.7 Å². The molecule has 4 N–H and O–H groups in total. The van der Waals surface area contributed by atoms with Crippen LogP contribution in [0.25, 0.3) is 0 Å². The summed E-state index contributed by atoms with van der Waals surface area (Å²) in [5.74, 6) is 9.87. The number of nitrogens with two attached hydrogens (primary N) is 2. The molecule has 1 aliphatic heterocycles. The Morgan fingerprint density at radius 2 is 1.12 bits per heavy atom. The highest BCUT2D eigenvalue weighted by Gasteiger charge is 2.15. The van der Waals surface area contributed by atoms with Crippen molar-refractivity contribution in [1.82, 2.24) is 9.80 Å². The van der Waals surface area contributed by atoms with E-state index in [9.17, 15) is 0 Å². The molecule has 0 aromatic rings. The largest absolute Gasteiger partial charge is 0.305 e. The Labute approximate surface area is 95.3 Å². The molecule has 0 spiro atoms. The van der Waals surface area contributed by atoms with Crippen molar-refractivity contribution in [2.24, 2.45) is 32.4 Å². The topological polar surface area (TPSA) is 108 Å². The van der Waals surface area contributed by atoms with E-state index in [1.807, 2.05) is 0 Å². The lowest BCUT2D eigenvalue weighted by Crippen LogP contribution is -2.47. The van der Waals surface area contributed by atoms with Gasteiger partial charge in [0.2, 0.25) is 0 Å². The maximum atomic E-state index is 4.94. The molecule has 8 nitrogen and oxygen atoms in total. The molecule has 0 aromatic heterocycles. The molecular weight excluding hydrogens is 208 g/mol. The minimum absolute atomic E-state index is 0.678. The molecule has 1 fully saturated rings. The van der Waals surface area contributed by atoms with Gasteiger partial charge in [-0.2, -0.15) is 10.2 Å². The molecule has 0 aliphatic carbocycles. The van der Waals surface area contributed by atoms with Gasteiger partial charge in [0.05, 0.1) is 13.1 Å². The molecule has 0 unspecified atom stereocenters. The average Bonchev–Trinajstić information content (AvgIpc) is 2.32. The predicted octanol–water partition coefficient (Wildman–Crippen LogP) is -0.744. The fourth-order valence-corrected chi connectivity index (χ4v) is 1.72. The molecule has 0 bridgehead atoms. The Morgan fingerprint density at radius 1 is 0.750 bits per heavy atom. The van der Waals surface area contributed by atoms with Gasteiger partial charge < -0.3 is 11.7 Å². The Morgan fingerprint density at radius 3 is 1.44 bits per heavy atom. The fraction of sp³-hybridized carbons (Fsp3) is 1.00. The maximum absolute atomic E-state index is 4.94. The van der Waals surface area contributed by atoms with Crippen LogP contribution in [0, 0.1) is 0 Å². The van der Waals surface area contributed by atoms with E-state index in [-0.39, 0.29) is 0 Å². The molecule has 0 atom stereocenters. The Bertz CT molecular complexity index is 196. The first-order valence-corrected chi connectivity index (χ1v) is 5.45. The van der Waals surface area contributed by atoms with Crippen LogP contribution in [0.2, 0.25) is 0 Å². The summed E-state index contributed by atoms with van der Waals surface area (Å²) < 4.78 is 0. The Kier molecular flexibility index (Phi) is 6.35. The van der Waals surface area contributed by atoms with E-state index >= 15 is 0 Å². The molecule has 1 aliphatic rings. The van der Waals surface area contributed by atoms with E-state index in [0.29, 0.717) is 13.1 Å². The molecule has 0 radical (unpaired) electrons. The predicted molar refractivity (Wildman–Crippen MR) is 60.7 cm³/mol. The molecule has 0 saturated carbocycles. The Balaban J connectivity index is 2.08. The first-order valence-electron chi connectivity index (χ1n) is 5.45. The number of nitrogens with zero attached hydrogens (tertiary/aromatic N) is 6. The van der Waals surface area contributed by atoms with Crippen LogP contribution in [0.4, 0.5) is 0 Å². The lowest BCUT2D eigenvalue weighted by molar-refractivity contribution is 0.137. The number of hydrogen-bond acceptors (Lipinski definition) is 6. The molecule has 1 saturated heterocycles. The van der Waals surface area contributed by atoms with E-state index in [2.05, 4.69) is 30.5 Å². The molecule has 1 heterocycles. The normalized spacial score (nSPS) is 20.0. The quantitative estimate of drug-likeness (QED) is 0.354. The van der Waals surface area contributed by atoms with Gasteiger partial charge in [-0.1, -0.05) is 10.4 Å². The van der Waals surface area contributed by atoms with Crippen molar-refractivity contribution >= 4 is 0 Å². The molecule has 0 amide bonds. The van der Waals surface area contributed by atoms with Crippen molar-refractivity contribution < 1.29 is 0 Å². The van der Waals surface area contributed by atoms with Crippen LogP contribution in [-0.2, 0) is 0 Å². The molecule has 1 rings (SSSR count). The average molecular weight is 228 g/mol. The lowest BCUT2D eigenvalue weighted by atomic mass is 10.3. The molecular formula is C8H20N8.